The second kappa shape index (κ2) is 3.54. The largest absolute Gasteiger partial charge is 0.506 e. The Kier molecular flexibility index (Phi) is 3.00. The second-order valence-corrected chi connectivity index (χ2v) is 2.00. The minimum atomic E-state index is -0.598. The number of benzene rings is 1. The van der Waals surface area contributed by atoms with Crippen molar-refractivity contribution in [1.82, 2.24) is 6.15 Å². The van der Waals surface area contributed by atoms with E-state index in [0.717, 1.165) is 6.07 Å². The number of hydrogen-bond donors (Lipinski definition) is 2. The molecule has 63 valence electrons. The van der Waals surface area contributed by atoms with Gasteiger partial charge in [-0.3, -0.25) is 10.1 Å². The van der Waals surface area contributed by atoms with E-state index in [1.165, 1.54) is 12.1 Å². The molecule has 1 aromatic rings. The average molecular weight is 168 g/mol. The zero-order valence-corrected chi connectivity index (χ0v) is 5.97. The van der Waals surface area contributed by atoms with Crippen LogP contribution in [0.2, 0.25) is 0 Å². The van der Waals surface area contributed by atoms with Gasteiger partial charge in [-0.15, -0.1) is 0 Å². The minimum Gasteiger partial charge on any atom is -0.506 e. The van der Waals surface area contributed by atoms with E-state index in [-0.39, 0.29) is 23.3 Å². The van der Waals surface area contributed by atoms with Crippen LogP contribution in [-0.2, 0) is 0 Å². The lowest BCUT2D eigenvalue weighted by molar-refractivity contribution is -0.384. The van der Waals surface area contributed by atoms with Gasteiger partial charge in [0.15, 0.2) is 0 Å². The standard InChI is InChI=1S/C6H6N2O3.N/c7-5-2-1-4(8(10)11)3-6(5)9;/h1-3,9H,7H2;. The number of nitrogen functional groups attached to an aromatic ring is 1. The Morgan fingerprint density at radius 2 is 2.08 bits per heavy atom. The van der Waals surface area contributed by atoms with Crippen LogP contribution in [0.25, 0.3) is 0 Å². The molecule has 0 aliphatic heterocycles. The SMILES string of the molecule is Nc1ccc([N+](=O)[O-])cc1O.[N]. The topological polar surface area (TPSA) is 120 Å². The number of nitrogens with zero attached hydrogens (tertiary/aromatic N) is 2. The van der Waals surface area contributed by atoms with E-state index < -0.39 is 4.92 Å². The molecular weight excluding hydrogens is 162 g/mol. The fourth-order valence-electron chi connectivity index (χ4n) is 0.646. The van der Waals surface area contributed by atoms with Crippen molar-refractivity contribution >= 4 is 11.4 Å². The van der Waals surface area contributed by atoms with Gasteiger partial charge < -0.3 is 10.8 Å². The molecule has 6 nitrogen and oxygen atoms in total. The summed E-state index contributed by atoms with van der Waals surface area (Å²) in [4.78, 5) is 9.52. The van der Waals surface area contributed by atoms with Crippen LogP contribution in [0.5, 0.6) is 5.75 Å². The lowest BCUT2D eigenvalue weighted by Gasteiger charge is -1.95. The third-order valence-corrected chi connectivity index (χ3v) is 1.22. The summed E-state index contributed by atoms with van der Waals surface area (Å²) in [6, 6.07) is 3.53. The molecule has 12 heavy (non-hydrogen) atoms. The molecule has 3 radical (unpaired) electrons. The van der Waals surface area contributed by atoms with E-state index >= 15 is 0 Å². The van der Waals surface area contributed by atoms with E-state index in [9.17, 15) is 10.1 Å². The molecule has 0 amide bonds. The summed E-state index contributed by atoms with van der Waals surface area (Å²) < 4.78 is 0. The van der Waals surface area contributed by atoms with Gasteiger partial charge in [0.05, 0.1) is 16.7 Å². The van der Waals surface area contributed by atoms with Crippen LogP contribution in [0.3, 0.4) is 0 Å². The van der Waals surface area contributed by atoms with Gasteiger partial charge >= 0.3 is 0 Å². The Hall–Kier alpha value is -1.82. The van der Waals surface area contributed by atoms with Crippen LogP contribution in [-0.4, -0.2) is 10.0 Å². The molecule has 0 aromatic heterocycles. The Bertz CT molecular complexity index is 300. The van der Waals surface area contributed by atoms with E-state index in [0.29, 0.717) is 0 Å². The Labute approximate surface area is 68.4 Å². The van der Waals surface area contributed by atoms with Gasteiger partial charge in [-0.05, 0) is 6.07 Å². The van der Waals surface area contributed by atoms with Crippen LogP contribution in [0, 0.1) is 10.1 Å². The van der Waals surface area contributed by atoms with Crippen molar-refractivity contribution < 1.29 is 10.0 Å². The number of phenolic OH excluding ortho intramolecular Hbond substituents is 1. The van der Waals surface area contributed by atoms with E-state index in [1.807, 2.05) is 0 Å². The maximum Gasteiger partial charge on any atom is 0.273 e. The Morgan fingerprint density at radius 3 is 2.50 bits per heavy atom. The number of nitrogens with two attached hydrogens (primary N) is 1. The van der Waals surface area contributed by atoms with Crippen LogP contribution in [0.15, 0.2) is 18.2 Å². The number of hydrogen-bond acceptors (Lipinski definition) is 4. The molecule has 0 fully saturated rings. The summed E-state index contributed by atoms with van der Waals surface area (Å²) in [5.41, 5.74) is 5.18. The maximum absolute atomic E-state index is 10.1. The molecule has 0 bridgehead atoms. The molecule has 0 unspecified atom stereocenters. The Morgan fingerprint density at radius 1 is 1.50 bits per heavy atom. The highest BCUT2D eigenvalue weighted by Crippen LogP contribution is 2.24. The van der Waals surface area contributed by atoms with Crippen molar-refractivity contribution in [2.75, 3.05) is 5.73 Å². The van der Waals surface area contributed by atoms with E-state index in [1.54, 1.807) is 0 Å². The average Bonchev–Trinajstić information content (AvgIpc) is 1.94. The molecule has 0 saturated carbocycles. The monoisotopic (exact) mass is 168 g/mol. The molecule has 1 rings (SSSR count). The molecule has 0 heterocycles. The molecule has 6 heteroatoms. The van der Waals surface area contributed by atoms with Gasteiger partial charge in [0.2, 0.25) is 0 Å². The summed E-state index contributed by atoms with van der Waals surface area (Å²) >= 11 is 0. The summed E-state index contributed by atoms with van der Waals surface area (Å²) in [5, 5.41) is 19.0. The number of nitro groups is 1. The first kappa shape index (κ1) is 10.2. The molecule has 0 aliphatic carbocycles. The maximum atomic E-state index is 10.1. The lowest BCUT2D eigenvalue weighted by Crippen LogP contribution is -1.89. The third kappa shape index (κ3) is 1.83. The molecule has 1 aromatic carbocycles. The van der Waals surface area contributed by atoms with Gasteiger partial charge in [0, 0.05) is 12.2 Å². The lowest BCUT2D eigenvalue weighted by atomic mass is 10.3. The molecule has 0 atom stereocenters. The van der Waals surface area contributed by atoms with E-state index in [4.69, 9.17) is 10.8 Å². The zero-order chi connectivity index (χ0) is 8.43. The normalized spacial score (nSPS) is 8.67. The first-order valence-corrected chi connectivity index (χ1v) is 2.84. The summed E-state index contributed by atoms with van der Waals surface area (Å²) in [7, 11) is 0. The van der Waals surface area contributed by atoms with Gasteiger partial charge in [0.25, 0.3) is 5.69 Å². The number of phenols is 1. The van der Waals surface area contributed by atoms with Crippen molar-refractivity contribution in [2.45, 2.75) is 0 Å². The van der Waals surface area contributed by atoms with Gasteiger partial charge in [-0.2, -0.15) is 0 Å². The van der Waals surface area contributed by atoms with E-state index in [2.05, 4.69) is 0 Å². The first-order chi connectivity index (χ1) is 5.11. The third-order valence-electron chi connectivity index (χ3n) is 1.22. The van der Waals surface area contributed by atoms with Crippen LogP contribution in [0.1, 0.15) is 0 Å². The van der Waals surface area contributed by atoms with Crippen molar-refractivity contribution in [3.63, 3.8) is 0 Å². The van der Waals surface area contributed by atoms with Crippen molar-refractivity contribution in [2.24, 2.45) is 0 Å². The Balaban J connectivity index is 0.00000121. The highest BCUT2D eigenvalue weighted by Gasteiger charge is 2.06. The predicted octanol–water partition coefficient (Wildman–Crippen LogP) is 0.402. The number of rotatable bonds is 1. The van der Waals surface area contributed by atoms with Gasteiger partial charge in [-0.25, -0.2) is 0 Å². The van der Waals surface area contributed by atoms with Gasteiger partial charge in [-0.1, -0.05) is 0 Å². The molecular formula is C6H6N3O3. The van der Waals surface area contributed by atoms with Crippen LogP contribution >= 0.6 is 0 Å². The van der Waals surface area contributed by atoms with Crippen molar-refractivity contribution in [3.05, 3.63) is 28.3 Å². The molecule has 0 aliphatic rings. The number of anilines is 1. The fourth-order valence-corrected chi connectivity index (χ4v) is 0.646. The fraction of sp³-hybridized carbons (Fsp3) is 0. The first-order valence-electron chi connectivity index (χ1n) is 2.84. The van der Waals surface area contributed by atoms with Crippen molar-refractivity contribution in [1.29, 1.82) is 0 Å². The summed E-state index contributed by atoms with van der Waals surface area (Å²) in [6.45, 7) is 0. The second-order valence-electron chi connectivity index (χ2n) is 2.00. The highest BCUT2D eigenvalue weighted by molar-refractivity contribution is 5.56. The number of non-ortho nitro benzene ring substituents is 1. The van der Waals surface area contributed by atoms with Crippen LogP contribution < -0.4 is 11.9 Å². The molecule has 3 N–H and O–H groups in total. The number of nitro benzene ring substituents is 1. The molecule has 0 saturated heterocycles. The highest BCUT2D eigenvalue weighted by atomic mass is 16.6. The zero-order valence-electron chi connectivity index (χ0n) is 5.97. The minimum absolute atomic E-state index is 0. The van der Waals surface area contributed by atoms with Crippen molar-refractivity contribution in [3.8, 4) is 5.75 Å². The summed E-state index contributed by atoms with van der Waals surface area (Å²) in [6.07, 6.45) is 0. The van der Waals surface area contributed by atoms with Gasteiger partial charge in [0.1, 0.15) is 5.75 Å². The molecule has 0 spiro atoms. The summed E-state index contributed by atoms with van der Waals surface area (Å²) in [5.74, 6) is -0.265. The quantitative estimate of drug-likeness (QED) is 0.273. The van der Waals surface area contributed by atoms with Crippen LogP contribution in [0.4, 0.5) is 11.4 Å². The predicted molar refractivity (Wildman–Crippen MR) is 41.3 cm³/mol. The number of aromatic hydroxyl groups is 1. The smallest absolute Gasteiger partial charge is 0.273 e.